The lowest BCUT2D eigenvalue weighted by Gasteiger charge is -2.29. The molecule has 1 saturated heterocycles. The number of halogens is 1. The average Bonchev–Trinajstić information content (AvgIpc) is 2.93. The second kappa shape index (κ2) is 6.72. The van der Waals surface area contributed by atoms with Crippen molar-refractivity contribution in [2.24, 2.45) is 0 Å². The van der Waals surface area contributed by atoms with Crippen LogP contribution in [0.3, 0.4) is 0 Å². The molecule has 1 aliphatic rings. The summed E-state index contributed by atoms with van der Waals surface area (Å²) in [5.41, 5.74) is 1.28. The Morgan fingerprint density at radius 2 is 1.90 bits per heavy atom. The van der Waals surface area contributed by atoms with Crippen LogP contribution in [-0.4, -0.2) is 34.8 Å². The number of benzene rings is 1. The molecule has 3 nitrogen and oxygen atoms in total. The standard InChI is InChI=1S/C16H23BrN2O/c1-16(2,17)15(20)18-12-14(19-10-6-7-11-19)13-8-4-3-5-9-13/h3-5,8-9,14H,6-7,10-12H2,1-2H3,(H,18,20). The van der Waals surface area contributed by atoms with Crippen LogP contribution in [0.1, 0.15) is 38.3 Å². The van der Waals surface area contributed by atoms with Gasteiger partial charge in [-0.3, -0.25) is 9.69 Å². The minimum atomic E-state index is -0.515. The highest BCUT2D eigenvalue weighted by molar-refractivity contribution is 9.10. The molecule has 0 spiro atoms. The third-order valence-corrected chi connectivity index (χ3v) is 4.12. The zero-order chi connectivity index (χ0) is 14.6. The normalized spacial score (nSPS) is 17.9. The zero-order valence-corrected chi connectivity index (χ0v) is 13.8. The molecule has 1 N–H and O–H groups in total. The Balaban J connectivity index is 2.06. The number of nitrogens with one attached hydrogen (secondary N) is 1. The Morgan fingerprint density at radius 1 is 1.30 bits per heavy atom. The Morgan fingerprint density at radius 3 is 2.45 bits per heavy atom. The van der Waals surface area contributed by atoms with E-state index in [1.54, 1.807) is 0 Å². The third kappa shape index (κ3) is 4.06. The van der Waals surface area contributed by atoms with Crippen LogP contribution in [0.25, 0.3) is 0 Å². The number of hydrogen-bond donors (Lipinski definition) is 1. The summed E-state index contributed by atoms with van der Waals surface area (Å²) in [6, 6.07) is 10.7. The van der Waals surface area contributed by atoms with Crippen molar-refractivity contribution < 1.29 is 4.79 Å². The van der Waals surface area contributed by atoms with Gasteiger partial charge in [0.1, 0.15) is 0 Å². The monoisotopic (exact) mass is 338 g/mol. The fourth-order valence-electron chi connectivity index (χ4n) is 2.59. The number of carbonyl (C=O) groups excluding carboxylic acids is 1. The number of carbonyl (C=O) groups is 1. The molecular weight excluding hydrogens is 316 g/mol. The van der Waals surface area contributed by atoms with E-state index in [9.17, 15) is 4.79 Å². The van der Waals surface area contributed by atoms with Crippen LogP contribution in [0.2, 0.25) is 0 Å². The highest BCUT2D eigenvalue weighted by atomic mass is 79.9. The molecule has 1 atom stereocenters. The number of rotatable bonds is 5. The highest BCUT2D eigenvalue weighted by Gasteiger charge is 2.27. The minimum absolute atomic E-state index is 0.0395. The second-order valence-electron chi connectivity index (χ2n) is 5.85. The molecule has 0 saturated carbocycles. The molecule has 0 aliphatic carbocycles. The van der Waals surface area contributed by atoms with Gasteiger partial charge in [0.25, 0.3) is 0 Å². The van der Waals surface area contributed by atoms with E-state index < -0.39 is 4.32 Å². The van der Waals surface area contributed by atoms with Gasteiger partial charge in [-0.2, -0.15) is 0 Å². The van der Waals surface area contributed by atoms with Gasteiger partial charge in [0.15, 0.2) is 0 Å². The fraction of sp³-hybridized carbons (Fsp3) is 0.562. The van der Waals surface area contributed by atoms with E-state index in [0.717, 1.165) is 13.1 Å². The molecule has 1 aromatic carbocycles. The van der Waals surface area contributed by atoms with Crippen LogP contribution in [0.4, 0.5) is 0 Å². The van der Waals surface area contributed by atoms with E-state index in [4.69, 9.17) is 0 Å². The molecule has 0 bridgehead atoms. The molecule has 1 aromatic rings. The molecule has 20 heavy (non-hydrogen) atoms. The zero-order valence-electron chi connectivity index (χ0n) is 12.2. The lowest BCUT2D eigenvalue weighted by Crippen LogP contribution is -2.42. The molecule has 4 heteroatoms. The Bertz CT molecular complexity index is 436. The fourth-order valence-corrected chi connectivity index (χ4v) is 2.73. The molecule has 1 fully saturated rings. The number of hydrogen-bond acceptors (Lipinski definition) is 2. The van der Waals surface area contributed by atoms with Gasteiger partial charge in [0.2, 0.25) is 5.91 Å². The first-order chi connectivity index (χ1) is 9.48. The van der Waals surface area contributed by atoms with Gasteiger partial charge in [0, 0.05) is 6.54 Å². The van der Waals surface area contributed by atoms with Crippen LogP contribution in [0.5, 0.6) is 0 Å². The molecule has 110 valence electrons. The van der Waals surface area contributed by atoms with Gasteiger partial charge in [-0.15, -0.1) is 0 Å². The van der Waals surface area contributed by atoms with Crippen LogP contribution in [0.15, 0.2) is 30.3 Å². The van der Waals surface area contributed by atoms with E-state index in [0.29, 0.717) is 6.54 Å². The van der Waals surface area contributed by atoms with Gasteiger partial charge >= 0.3 is 0 Å². The SMILES string of the molecule is CC(C)(Br)C(=O)NCC(c1ccccc1)N1CCCC1. The van der Waals surface area contributed by atoms with Crippen LogP contribution >= 0.6 is 15.9 Å². The molecule has 0 aromatic heterocycles. The van der Waals surface area contributed by atoms with Crippen molar-refractivity contribution in [3.63, 3.8) is 0 Å². The van der Waals surface area contributed by atoms with Crippen molar-refractivity contribution in [3.8, 4) is 0 Å². The Hall–Kier alpha value is -0.870. The van der Waals surface area contributed by atoms with Crippen molar-refractivity contribution >= 4 is 21.8 Å². The summed E-state index contributed by atoms with van der Waals surface area (Å²) >= 11 is 3.41. The maximum atomic E-state index is 12.0. The molecule has 1 unspecified atom stereocenters. The van der Waals surface area contributed by atoms with E-state index in [1.165, 1.54) is 18.4 Å². The largest absolute Gasteiger partial charge is 0.353 e. The summed E-state index contributed by atoms with van der Waals surface area (Å²) in [7, 11) is 0. The van der Waals surface area contributed by atoms with Crippen molar-refractivity contribution in [1.82, 2.24) is 10.2 Å². The first kappa shape index (κ1) is 15.5. The topological polar surface area (TPSA) is 32.3 Å². The summed E-state index contributed by atoms with van der Waals surface area (Å²) in [6.07, 6.45) is 2.50. The van der Waals surface area contributed by atoms with Crippen molar-refractivity contribution in [1.29, 1.82) is 0 Å². The van der Waals surface area contributed by atoms with Gasteiger partial charge in [0.05, 0.1) is 10.4 Å². The first-order valence-corrected chi connectivity index (χ1v) is 8.04. The molecule has 1 amide bonds. The van der Waals surface area contributed by atoms with Crippen molar-refractivity contribution in [2.45, 2.75) is 37.1 Å². The molecule has 2 rings (SSSR count). The Kier molecular flexibility index (Phi) is 5.22. The molecule has 0 radical (unpaired) electrons. The average molecular weight is 339 g/mol. The molecule has 1 heterocycles. The lowest BCUT2D eigenvalue weighted by molar-refractivity contribution is -0.122. The lowest BCUT2D eigenvalue weighted by atomic mass is 10.1. The van der Waals surface area contributed by atoms with Crippen LogP contribution in [0, 0.1) is 0 Å². The third-order valence-electron chi connectivity index (χ3n) is 3.76. The summed E-state index contributed by atoms with van der Waals surface area (Å²) in [6.45, 7) is 6.64. The van der Waals surface area contributed by atoms with E-state index in [2.05, 4.69) is 50.4 Å². The first-order valence-electron chi connectivity index (χ1n) is 7.24. The van der Waals surface area contributed by atoms with E-state index >= 15 is 0 Å². The van der Waals surface area contributed by atoms with Crippen molar-refractivity contribution in [3.05, 3.63) is 35.9 Å². The van der Waals surface area contributed by atoms with Crippen LogP contribution < -0.4 is 5.32 Å². The summed E-state index contributed by atoms with van der Waals surface area (Å²) < 4.78 is -0.515. The number of likely N-dealkylation sites (tertiary alicyclic amines) is 1. The highest BCUT2D eigenvalue weighted by Crippen LogP contribution is 2.25. The van der Waals surface area contributed by atoms with E-state index in [-0.39, 0.29) is 11.9 Å². The second-order valence-corrected chi connectivity index (χ2v) is 7.83. The maximum absolute atomic E-state index is 12.0. The summed E-state index contributed by atoms with van der Waals surface area (Å²) in [4.78, 5) is 14.5. The van der Waals surface area contributed by atoms with E-state index in [1.807, 2.05) is 19.9 Å². The van der Waals surface area contributed by atoms with Gasteiger partial charge in [-0.1, -0.05) is 46.3 Å². The summed E-state index contributed by atoms with van der Waals surface area (Å²) in [5.74, 6) is 0.0395. The van der Waals surface area contributed by atoms with Crippen LogP contribution in [-0.2, 0) is 4.79 Å². The number of amides is 1. The molecule has 1 aliphatic heterocycles. The van der Waals surface area contributed by atoms with Gasteiger partial charge < -0.3 is 5.32 Å². The maximum Gasteiger partial charge on any atom is 0.236 e. The van der Waals surface area contributed by atoms with Crippen molar-refractivity contribution in [2.75, 3.05) is 19.6 Å². The minimum Gasteiger partial charge on any atom is -0.353 e. The Labute approximate surface area is 129 Å². The summed E-state index contributed by atoms with van der Waals surface area (Å²) in [5, 5.41) is 3.07. The van der Waals surface area contributed by atoms with Gasteiger partial charge in [-0.25, -0.2) is 0 Å². The van der Waals surface area contributed by atoms with Gasteiger partial charge in [-0.05, 0) is 45.3 Å². The smallest absolute Gasteiger partial charge is 0.236 e. The predicted octanol–water partition coefficient (Wildman–Crippen LogP) is 3.11. The number of nitrogens with zero attached hydrogens (tertiary/aromatic N) is 1. The predicted molar refractivity (Wildman–Crippen MR) is 86.0 cm³/mol. The quantitative estimate of drug-likeness (QED) is 0.836. The number of alkyl halides is 1. The molecular formula is C16H23BrN2O.